The number of rotatable bonds is 0. The van der Waals surface area contributed by atoms with E-state index in [1.54, 1.807) is 12.4 Å². The van der Waals surface area contributed by atoms with Crippen molar-refractivity contribution in [3.05, 3.63) is 30.6 Å². The highest BCUT2D eigenvalue weighted by Gasteiger charge is 2.06. The molecule has 3 heterocycles. The zero-order chi connectivity index (χ0) is 8.67. The first-order chi connectivity index (χ1) is 6.45. The van der Waals surface area contributed by atoms with Crippen molar-refractivity contribution in [3.8, 4) is 0 Å². The number of furan rings is 1. The molecule has 4 heteroatoms. The van der Waals surface area contributed by atoms with Crippen molar-refractivity contribution in [1.29, 1.82) is 0 Å². The lowest BCUT2D eigenvalue weighted by molar-refractivity contribution is 0.632. The third-order valence-corrected chi connectivity index (χ3v) is 1.94. The molecule has 0 aliphatic carbocycles. The van der Waals surface area contributed by atoms with E-state index in [-0.39, 0.29) is 0 Å². The van der Waals surface area contributed by atoms with Gasteiger partial charge >= 0.3 is 0 Å². The van der Waals surface area contributed by atoms with Crippen LogP contribution >= 0.6 is 0 Å². The van der Waals surface area contributed by atoms with E-state index in [4.69, 9.17) is 4.42 Å². The van der Waals surface area contributed by atoms with Gasteiger partial charge in [-0.15, -0.1) is 5.10 Å². The quantitative estimate of drug-likeness (QED) is 0.517. The van der Waals surface area contributed by atoms with Crippen LogP contribution in [0.15, 0.2) is 35.0 Å². The molecule has 0 aromatic carbocycles. The third kappa shape index (κ3) is 0.823. The van der Waals surface area contributed by atoms with Crippen molar-refractivity contribution in [3.63, 3.8) is 0 Å². The summed E-state index contributed by atoms with van der Waals surface area (Å²) in [6.45, 7) is 0. The van der Waals surface area contributed by atoms with Gasteiger partial charge < -0.3 is 4.42 Å². The van der Waals surface area contributed by atoms with Crippen molar-refractivity contribution < 1.29 is 4.42 Å². The molecule has 3 aromatic heterocycles. The minimum absolute atomic E-state index is 0.538. The Hall–Kier alpha value is -1.97. The van der Waals surface area contributed by atoms with Crippen LogP contribution in [0.5, 0.6) is 0 Å². The highest BCUT2D eigenvalue weighted by atomic mass is 16.3. The number of fused-ring (bicyclic) bond motifs is 3. The van der Waals surface area contributed by atoms with Gasteiger partial charge in [-0.2, -0.15) is 5.10 Å². The average Bonchev–Trinajstić information content (AvgIpc) is 2.56. The van der Waals surface area contributed by atoms with Crippen LogP contribution in [0.4, 0.5) is 0 Å². The second-order valence-electron chi connectivity index (χ2n) is 2.71. The van der Waals surface area contributed by atoms with Gasteiger partial charge in [0.2, 0.25) is 11.4 Å². The predicted octanol–water partition coefficient (Wildman–Crippen LogP) is 1.77. The zero-order valence-corrected chi connectivity index (χ0v) is 6.64. The zero-order valence-electron chi connectivity index (χ0n) is 6.64. The first-order valence-corrected chi connectivity index (χ1v) is 3.90. The summed E-state index contributed by atoms with van der Waals surface area (Å²) in [6.07, 6.45) is 3.34. The first-order valence-electron chi connectivity index (χ1n) is 3.90. The molecule has 3 rings (SSSR count). The van der Waals surface area contributed by atoms with Crippen molar-refractivity contribution in [2.75, 3.05) is 0 Å². The second-order valence-corrected chi connectivity index (χ2v) is 2.71. The number of pyridine rings is 1. The van der Waals surface area contributed by atoms with Crippen molar-refractivity contribution in [2.45, 2.75) is 0 Å². The third-order valence-electron chi connectivity index (χ3n) is 1.94. The van der Waals surface area contributed by atoms with Crippen LogP contribution in [0, 0.1) is 0 Å². The summed E-state index contributed by atoms with van der Waals surface area (Å²) >= 11 is 0. The fourth-order valence-electron chi connectivity index (χ4n) is 1.37. The van der Waals surface area contributed by atoms with Crippen molar-refractivity contribution >= 4 is 22.2 Å². The van der Waals surface area contributed by atoms with Crippen LogP contribution in [0.25, 0.3) is 22.2 Å². The Bertz CT molecular complexity index is 523. The molecule has 0 atom stereocenters. The molecular formula is C9H5N3O. The lowest BCUT2D eigenvalue weighted by Gasteiger charge is -1.83. The fourth-order valence-corrected chi connectivity index (χ4v) is 1.37. The number of hydrogen-bond acceptors (Lipinski definition) is 4. The molecule has 13 heavy (non-hydrogen) atoms. The maximum atomic E-state index is 5.37. The summed E-state index contributed by atoms with van der Waals surface area (Å²) in [4.78, 5) is 4.08. The van der Waals surface area contributed by atoms with Gasteiger partial charge in [-0.05, 0) is 18.2 Å². The molecule has 0 aliphatic heterocycles. The van der Waals surface area contributed by atoms with Crippen LogP contribution in [0.2, 0.25) is 0 Å². The Labute approximate surface area is 73.2 Å². The van der Waals surface area contributed by atoms with E-state index >= 15 is 0 Å². The summed E-state index contributed by atoms with van der Waals surface area (Å²) in [5.74, 6) is 0. The largest absolute Gasteiger partial charge is 0.418 e. The van der Waals surface area contributed by atoms with Crippen LogP contribution in [0.3, 0.4) is 0 Å². The van der Waals surface area contributed by atoms with Gasteiger partial charge in [-0.1, -0.05) is 0 Å². The molecule has 0 bridgehead atoms. The first kappa shape index (κ1) is 6.54. The van der Waals surface area contributed by atoms with E-state index in [2.05, 4.69) is 15.2 Å². The number of aromatic nitrogens is 3. The van der Waals surface area contributed by atoms with E-state index in [1.165, 1.54) is 0 Å². The van der Waals surface area contributed by atoms with Gasteiger partial charge in [-0.25, -0.2) is 4.98 Å². The molecule has 4 nitrogen and oxygen atoms in total. The summed E-state index contributed by atoms with van der Waals surface area (Å²) in [6, 6.07) is 5.70. The molecule has 0 N–H and O–H groups in total. The van der Waals surface area contributed by atoms with E-state index < -0.39 is 0 Å². The Morgan fingerprint density at radius 1 is 1.00 bits per heavy atom. The molecule has 3 aromatic rings. The average molecular weight is 171 g/mol. The molecule has 0 unspecified atom stereocenters. The molecule has 62 valence electrons. The molecule has 0 saturated heterocycles. The summed E-state index contributed by atoms with van der Waals surface area (Å²) in [5, 5.41) is 9.53. The van der Waals surface area contributed by atoms with Crippen LogP contribution < -0.4 is 0 Å². The van der Waals surface area contributed by atoms with Gasteiger partial charge in [0.15, 0.2) is 0 Å². The smallest absolute Gasteiger partial charge is 0.248 e. The summed E-state index contributed by atoms with van der Waals surface area (Å²) in [7, 11) is 0. The Morgan fingerprint density at radius 2 is 1.92 bits per heavy atom. The maximum Gasteiger partial charge on any atom is 0.248 e. The molecule has 0 aliphatic rings. The minimum Gasteiger partial charge on any atom is -0.418 e. The summed E-state index contributed by atoms with van der Waals surface area (Å²) < 4.78 is 5.37. The van der Waals surface area contributed by atoms with Gasteiger partial charge in [0.25, 0.3) is 0 Å². The maximum absolute atomic E-state index is 5.37. The molecule has 0 fully saturated rings. The SMILES string of the molecule is c1cnc2oc3nnccc3c2c1. The van der Waals surface area contributed by atoms with E-state index in [0.29, 0.717) is 11.4 Å². The monoisotopic (exact) mass is 171 g/mol. The van der Waals surface area contributed by atoms with Crippen LogP contribution in [0.1, 0.15) is 0 Å². The fraction of sp³-hybridized carbons (Fsp3) is 0. The van der Waals surface area contributed by atoms with Gasteiger partial charge in [-0.3, -0.25) is 0 Å². The van der Waals surface area contributed by atoms with E-state index in [0.717, 1.165) is 10.8 Å². The van der Waals surface area contributed by atoms with E-state index in [9.17, 15) is 0 Å². The Kier molecular flexibility index (Phi) is 1.14. The van der Waals surface area contributed by atoms with Gasteiger partial charge in [0.05, 0.1) is 17.0 Å². The van der Waals surface area contributed by atoms with Crippen LogP contribution in [-0.2, 0) is 0 Å². The molecular weight excluding hydrogens is 166 g/mol. The Morgan fingerprint density at radius 3 is 2.92 bits per heavy atom. The lowest BCUT2D eigenvalue weighted by Crippen LogP contribution is -1.75. The lowest BCUT2D eigenvalue weighted by atomic mass is 10.2. The molecule has 0 spiro atoms. The molecule has 0 amide bonds. The minimum atomic E-state index is 0.538. The van der Waals surface area contributed by atoms with Gasteiger partial charge in [0.1, 0.15) is 0 Å². The van der Waals surface area contributed by atoms with Crippen molar-refractivity contribution in [1.82, 2.24) is 15.2 Å². The molecule has 0 radical (unpaired) electrons. The number of hydrogen-bond donors (Lipinski definition) is 0. The standard InChI is InChI=1S/C9H5N3O/c1-2-6-7-3-5-11-12-9(7)13-8(6)10-4-1/h1-5H. The topological polar surface area (TPSA) is 51.8 Å². The predicted molar refractivity (Wildman–Crippen MR) is 47.1 cm³/mol. The highest BCUT2D eigenvalue weighted by molar-refractivity contribution is 6.01. The van der Waals surface area contributed by atoms with Crippen LogP contribution in [-0.4, -0.2) is 15.2 Å². The highest BCUT2D eigenvalue weighted by Crippen LogP contribution is 2.23. The van der Waals surface area contributed by atoms with E-state index in [1.807, 2.05) is 18.2 Å². The number of nitrogens with zero attached hydrogens (tertiary/aromatic N) is 3. The van der Waals surface area contributed by atoms with Gasteiger partial charge in [0, 0.05) is 6.20 Å². The summed E-state index contributed by atoms with van der Waals surface area (Å²) in [5.41, 5.74) is 1.15. The molecule has 0 saturated carbocycles. The second kappa shape index (κ2) is 2.26. The normalized spacial score (nSPS) is 11.1. The van der Waals surface area contributed by atoms with Crippen molar-refractivity contribution in [2.24, 2.45) is 0 Å². The Balaban J connectivity index is 2.64.